The third kappa shape index (κ3) is 2150. The highest BCUT2D eigenvalue weighted by Crippen LogP contribution is 0.901. The highest BCUT2D eigenvalue weighted by Gasteiger charge is 1.06. The molecule has 0 aliphatic rings. The summed E-state index contributed by atoms with van der Waals surface area (Å²) in [6.07, 6.45) is 9.00. The second-order valence-corrected chi connectivity index (χ2v) is 1.22. The first-order chi connectivity index (χ1) is 17.0. The van der Waals surface area contributed by atoms with Crippen molar-refractivity contribution >= 4 is 73.0 Å². The van der Waals surface area contributed by atoms with E-state index < -0.39 is 0 Å². The molecule has 0 saturated heterocycles. The Bertz CT molecular complexity index is 592. The molecule has 59 heavy (non-hydrogen) atoms. The van der Waals surface area contributed by atoms with Crippen molar-refractivity contribution in [2.45, 2.75) is 171 Å². The van der Waals surface area contributed by atoms with Crippen molar-refractivity contribution in [2.24, 2.45) is 0 Å². The lowest BCUT2D eigenvalue weighted by Crippen LogP contribution is -1.16. The summed E-state index contributed by atoms with van der Waals surface area (Å²) >= 11 is 0. The Hall–Kier alpha value is -7.44. The molecule has 376 valence electrons. The fourth-order valence-electron chi connectivity index (χ4n) is 0. The maximum atomic E-state index is 8.35. The number of carbonyl (C=O) groups excluding carboxylic acids is 12. The molecule has 0 fully saturated rings. The predicted molar refractivity (Wildman–Crippen MR) is 256 cm³/mol. The summed E-state index contributed by atoms with van der Waals surface area (Å²) in [7, 11) is 0. The smallest absolute Gasteiger partial charge is 0.222 e. The molecule has 0 amide bonds. The molecule has 12 N–H and O–H groups in total. The van der Waals surface area contributed by atoms with Crippen LogP contribution >= 0.6 is 0 Å². The van der Waals surface area contributed by atoms with E-state index in [1.54, 1.807) is 0 Å². The standard InChI is InChI=1S/12CHNO.23CH4/c12*2-1-3;;;;;;;;;;;;;;;;;;;;;;;/h12*2H;23*1H4. The molecule has 0 atom stereocenters. The summed E-state index contributed by atoms with van der Waals surface area (Å²) in [5, 5.41) is 64.8. The summed E-state index contributed by atoms with van der Waals surface area (Å²) in [6.45, 7) is 0. The van der Waals surface area contributed by atoms with E-state index in [0.717, 1.165) is 73.0 Å². The Morgan fingerprint density at radius 2 is 0.119 bits per heavy atom. The fourth-order valence-corrected chi connectivity index (χ4v) is 0. The van der Waals surface area contributed by atoms with E-state index >= 15 is 0 Å². The number of nitrogens with one attached hydrogen (secondary N) is 12. The molecule has 0 aromatic heterocycles. The zero-order chi connectivity index (χ0) is 32.5. The highest BCUT2D eigenvalue weighted by atomic mass is 16.1. The van der Waals surface area contributed by atoms with Gasteiger partial charge in [0.15, 0.2) is 0 Å². The molecule has 24 heteroatoms. The third-order valence-corrected chi connectivity index (χ3v) is 0. The summed E-state index contributed by atoms with van der Waals surface area (Å²) in [4.78, 5) is 100. The Morgan fingerprint density at radius 3 is 0.119 bits per heavy atom. The molecule has 0 saturated carbocycles. The van der Waals surface area contributed by atoms with E-state index in [1.165, 1.54) is 0 Å². The van der Waals surface area contributed by atoms with Gasteiger partial charge >= 0.3 is 0 Å². The van der Waals surface area contributed by atoms with Crippen molar-refractivity contribution in [3.63, 3.8) is 0 Å². The first-order valence-corrected chi connectivity index (χ1v) is 5.45. The Kier molecular flexibility index (Phi) is 48700. The van der Waals surface area contributed by atoms with Crippen LogP contribution in [0.3, 0.4) is 0 Å². The number of isocyanates is 12. The van der Waals surface area contributed by atoms with E-state index in [9.17, 15) is 0 Å². The molecular formula is C35H104N12O12. The van der Waals surface area contributed by atoms with Crippen molar-refractivity contribution in [3.05, 3.63) is 0 Å². The molecule has 0 rings (SSSR count). The summed E-state index contributed by atoms with van der Waals surface area (Å²) < 4.78 is 0. The first-order valence-electron chi connectivity index (χ1n) is 5.45. The maximum absolute atomic E-state index is 8.35. The lowest BCUT2D eigenvalue weighted by atomic mass is 11.7. The van der Waals surface area contributed by atoms with E-state index in [2.05, 4.69) is 0 Å². The molecule has 0 heterocycles. The molecule has 0 bridgehead atoms. The van der Waals surface area contributed by atoms with Gasteiger partial charge in [-0.05, 0) is 0 Å². The topological polar surface area (TPSA) is 491 Å². The zero-order valence-electron chi connectivity index (χ0n) is 16.9. The number of hydrogen-bond donors (Lipinski definition) is 12. The van der Waals surface area contributed by atoms with Gasteiger partial charge in [-0.1, -0.05) is 171 Å². The van der Waals surface area contributed by atoms with Crippen molar-refractivity contribution in [2.75, 3.05) is 0 Å². The molecule has 0 aliphatic heterocycles. The zero-order valence-corrected chi connectivity index (χ0v) is 16.9. The molecule has 0 aliphatic carbocycles. The van der Waals surface area contributed by atoms with Gasteiger partial charge in [-0.3, -0.25) is 0 Å². The van der Waals surface area contributed by atoms with Crippen LogP contribution in [0.2, 0.25) is 0 Å². The van der Waals surface area contributed by atoms with Crippen LogP contribution in [-0.4, -0.2) is 73.0 Å². The van der Waals surface area contributed by atoms with Crippen molar-refractivity contribution < 1.29 is 57.5 Å². The minimum Gasteiger partial charge on any atom is -0.222 e. The Morgan fingerprint density at radius 1 is 0.119 bits per heavy atom. The fraction of sp³-hybridized carbons (Fsp3) is 0.657. The van der Waals surface area contributed by atoms with Gasteiger partial charge in [0.25, 0.3) is 0 Å². The quantitative estimate of drug-likeness (QED) is 0.0797. The summed E-state index contributed by atoms with van der Waals surface area (Å²) in [5.41, 5.74) is 0. The summed E-state index contributed by atoms with van der Waals surface area (Å²) in [6, 6.07) is 0. The van der Waals surface area contributed by atoms with E-state index in [4.69, 9.17) is 122 Å². The predicted octanol–water partition coefficient (Wildman–Crippen LogP) is 13.4. The highest BCUT2D eigenvalue weighted by molar-refractivity contribution is 5.28. The monoisotopic (exact) mass is 885 g/mol. The van der Waals surface area contributed by atoms with Crippen molar-refractivity contribution in [1.82, 2.24) is 0 Å². The third-order valence-electron chi connectivity index (χ3n) is 0. The minimum atomic E-state index is 0. The maximum Gasteiger partial charge on any atom is 0.231 e. The lowest BCUT2D eigenvalue weighted by Gasteiger charge is -1.02. The van der Waals surface area contributed by atoms with Crippen LogP contribution in [0.25, 0.3) is 0 Å². The number of hydrogen-bond acceptors (Lipinski definition) is 24. The molecule has 0 radical (unpaired) electrons. The van der Waals surface area contributed by atoms with E-state index in [1.807, 2.05) is 0 Å². The van der Waals surface area contributed by atoms with Gasteiger partial charge in [0.2, 0.25) is 73.0 Å². The average molecular weight is 885 g/mol. The van der Waals surface area contributed by atoms with Crippen LogP contribution in [0.4, 0.5) is 0 Å². The largest absolute Gasteiger partial charge is 0.231 e. The first kappa shape index (κ1) is 481. The van der Waals surface area contributed by atoms with Crippen LogP contribution in [0.1, 0.15) is 171 Å². The van der Waals surface area contributed by atoms with Crippen LogP contribution in [0.15, 0.2) is 0 Å². The molecule has 24 nitrogen and oxygen atoms in total. The SMILES string of the molecule is C.C.C.C.C.C.C.C.C.C.C.C.C.C.C.C.C.C.C.C.C.C.C.N=C=O.N=C=O.N=C=O.N=C=O.N=C=O.N=C=O.N=C=O.N=C=O.N=C=O.N=C=O.N=C=O.N=C=O. The molecule has 0 unspecified atom stereocenters. The Labute approximate surface area is 366 Å². The van der Waals surface area contributed by atoms with Crippen LogP contribution in [0, 0.1) is 64.9 Å². The molecule has 0 spiro atoms. The normalized spacial score (nSPS) is 1.63. The van der Waals surface area contributed by atoms with Gasteiger partial charge in [-0.15, -0.1) is 0 Å². The van der Waals surface area contributed by atoms with E-state index in [-0.39, 0.29) is 171 Å². The van der Waals surface area contributed by atoms with Gasteiger partial charge in [0.1, 0.15) is 0 Å². The Balaban J connectivity index is -0.00000000312. The van der Waals surface area contributed by atoms with Gasteiger partial charge in [-0.2, -0.15) is 0 Å². The van der Waals surface area contributed by atoms with Crippen LogP contribution in [-0.2, 0) is 57.5 Å². The second kappa shape index (κ2) is 5970. The van der Waals surface area contributed by atoms with Crippen LogP contribution in [0.5, 0.6) is 0 Å². The lowest BCUT2D eigenvalue weighted by molar-refractivity contribution is 0.562. The van der Waals surface area contributed by atoms with Crippen molar-refractivity contribution in [1.29, 1.82) is 64.9 Å². The van der Waals surface area contributed by atoms with Gasteiger partial charge < -0.3 is 0 Å². The minimum absolute atomic E-state index is 0. The second-order valence-electron chi connectivity index (χ2n) is 1.22. The molecular weight excluding hydrogens is 780 g/mol. The molecule has 0 aromatic rings. The van der Waals surface area contributed by atoms with Crippen LogP contribution < -0.4 is 0 Å². The van der Waals surface area contributed by atoms with Gasteiger partial charge in [-0.25, -0.2) is 122 Å². The number of rotatable bonds is 0. The van der Waals surface area contributed by atoms with Gasteiger partial charge in [0.05, 0.1) is 0 Å². The average Bonchev–Trinajstić information content (AvgIpc) is 2.75. The van der Waals surface area contributed by atoms with Gasteiger partial charge in [0, 0.05) is 0 Å². The molecule has 0 aromatic carbocycles. The summed E-state index contributed by atoms with van der Waals surface area (Å²) in [5.74, 6) is 0. The van der Waals surface area contributed by atoms with E-state index in [0.29, 0.717) is 0 Å². The van der Waals surface area contributed by atoms with Crippen molar-refractivity contribution in [3.8, 4) is 0 Å².